The lowest BCUT2D eigenvalue weighted by Gasteiger charge is -2.33. The third-order valence-corrected chi connectivity index (χ3v) is 6.52. The average Bonchev–Trinajstić information content (AvgIpc) is 2.35. The van der Waals surface area contributed by atoms with Crippen molar-refractivity contribution < 1.29 is 13.6 Å². The molecule has 2 unspecified atom stereocenters. The Hall–Kier alpha value is -0.456. The molecule has 0 spiro atoms. The maximum absolute atomic E-state index is 9.51. The highest BCUT2D eigenvalue weighted by Gasteiger charge is 2.38. The number of primary amides is 1. The number of hydrogen-bond acceptors (Lipinski definition) is 5. The van der Waals surface area contributed by atoms with Gasteiger partial charge in [-0.3, -0.25) is 10.1 Å². The summed E-state index contributed by atoms with van der Waals surface area (Å²) in [6.45, 7) is 6.06. The van der Waals surface area contributed by atoms with Crippen LogP contribution in [-0.4, -0.2) is 51.0 Å². The van der Waals surface area contributed by atoms with Gasteiger partial charge in [0.05, 0.1) is 11.8 Å². The summed E-state index contributed by atoms with van der Waals surface area (Å²) in [6, 6.07) is -0.434. The first-order valence-corrected chi connectivity index (χ1v) is 9.25. The highest BCUT2D eigenvalue weighted by Crippen LogP contribution is 2.13. The highest BCUT2D eigenvalue weighted by atomic mass is 28.4. The van der Waals surface area contributed by atoms with Crippen molar-refractivity contribution in [2.45, 2.75) is 38.6 Å². The van der Waals surface area contributed by atoms with Crippen molar-refractivity contribution in [2.24, 2.45) is 11.5 Å². The van der Waals surface area contributed by atoms with Gasteiger partial charge < -0.3 is 25.3 Å². The molecular formula is C9H28N4O3Si2. The second kappa shape index (κ2) is 10.5. The van der Waals surface area contributed by atoms with Gasteiger partial charge in [-0.05, 0) is 19.9 Å². The second-order valence-electron chi connectivity index (χ2n) is 3.95. The van der Waals surface area contributed by atoms with Crippen molar-refractivity contribution in [3.8, 4) is 0 Å². The zero-order chi connectivity index (χ0) is 14.8. The maximum atomic E-state index is 9.51. The Labute approximate surface area is 114 Å². The zero-order valence-corrected chi connectivity index (χ0v) is 15.2. The lowest BCUT2D eigenvalue weighted by Crippen LogP contribution is -2.59. The Balaban J connectivity index is 0. The van der Waals surface area contributed by atoms with Gasteiger partial charge in [0.1, 0.15) is 10.4 Å². The molecule has 0 saturated heterocycles. The SMILES string of the molecule is CCC(NC(C)N)[Si](C)(OC)OC.NC(=O)N[SiH3]. The molecular weight excluding hydrogens is 268 g/mol. The molecule has 0 aliphatic rings. The quantitative estimate of drug-likeness (QED) is 0.352. The number of rotatable bonds is 6. The molecule has 0 aliphatic carbocycles. The van der Waals surface area contributed by atoms with Crippen LogP contribution in [0.3, 0.4) is 0 Å². The Kier molecular flexibility index (Phi) is 11.6. The molecule has 18 heavy (non-hydrogen) atoms. The molecule has 6 N–H and O–H groups in total. The van der Waals surface area contributed by atoms with Gasteiger partial charge >= 0.3 is 14.6 Å². The van der Waals surface area contributed by atoms with Crippen molar-refractivity contribution in [1.29, 1.82) is 0 Å². The largest absolute Gasteiger partial charge is 0.397 e. The molecule has 0 bridgehead atoms. The van der Waals surface area contributed by atoms with Crippen molar-refractivity contribution in [1.82, 2.24) is 10.3 Å². The predicted octanol–water partition coefficient (Wildman–Crippen LogP) is -1.50. The van der Waals surface area contributed by atoms with Crippen molar-refractivity contribution >= 4 is 25.0 Å². The van der Waals surface area contributed by atoms with Gasteiger partial charge in [-0.25, -0.2) is 0 Å². The number of carbonyl (C=O) groups excluding carboxylic acids is 1. The van der Waals surface area contributed by atoms with E-state index in [1.54, 1.807) is 14.2 Å². The van der Waals surface area contributed by atoms with E-state index in [1.165, 1.54) is 0 Å². The van der Waals surface area contributed by atoms with E-state index >= 15 is 0 Å². The van der Waals surface area contributed by atoms with Crippen LogP contribution in [0.2, 0.25) is 6.55 Å². The number of nitrogens with one attached hydrogen (secondary N) is 2. The first kappa shape index (κ1) is 19.9. The summed E-state index contributed by atoms with van der Waals surface area (Å²) in [5.74, 6) is 0. The molecule has 110 valence electrons. The van der Waals surface area contributed by atoms with Crippen LogP contribution in [0.1, 0.15) is 20.3 Å². The van der Waals surface area contributed by atoms with E-state index in [1.807, 2.05) is 13.5 Å². The molecule has 7 nitrogen and oxygen atoms in total. The molecule has 0 rings (SSSR count). The monoisotopic (exact) mass is 296 g/mol. The molecule has 0 aliphatic heterocycles. The molecule has 2 amide bonds. The van der Waals surface area contributed by atoms with E-state index < -0.39 is 14.6 Å². The van der Waals surface area contributed by atoms with E-state index in [-0.39, 0.29) is 11.8 Å². The fourth-order valence-corrected chi connectivity index (χ4v) is 3.37. The van der Waals surface area contributed by atoms with Gasteiger partial charge in [0.2, 0.25) is 0 Å². The highest BCUT2D eigenvalue weighted by molar-refractivity contribution is 6.67. The van der Waals surface area contributed by atoms with E-state index in [2.05, 4.69) is 23.0 Å². The first-order chi connectivity index (χ1) is 8.27. The lowest BCUT2D eigenvalue weighted by molar-refractivity contribution is 0.225. The van der Waals surface area contributed by atoms with Crippen LogP contribution in [0.5, 0.6) is 0 Å². The molecule has 0 fully saturated rings. The molecule has 2 atom stereocenters. The van der Waals surface area contributed by atoms with Gasteiger partial charge in [-0.2, -0.15) is 0 Å². The number of carbonyl (C=O) groups is 1. The molecule has 9 heteroatoms. The number of urea groups is 1. The summed E-state index contributed by atoms with van der Waals surface area (Å²) in [7, 11) is 1.96. The van der Waals surface area contributed by atoms with Gasteiger partial charge in [-0.1, -0.05) is 6.92 Å². The third kappa shape index (κ3) is 8.61. The smallest absolute Gasteiger partial charge is 0.351 e. The fraction of sp³-hybridized carbons (Fsp3) is 0.889. The summed E-state index contributed by atoms with van der Waals surface area (Å²) in [4.78, 5) is 11.8. The molecule has 0 aromatic carbocycles. The minimum atomic E-state index is -2.08. The minimum absolute atomic E-state index is 0.0259. The summed E-state index contributed by atoms with van der Waals surface area (Å²) < 4.78 is 10.9. The van der Waals surface area contributed by atoms with Crippen molar-refractivity contribution in [2.75, 3.05) is 14.2 Å². The van der Waals surface area contributed by atoms with Crippen LogP contribution in [-0.2, 0) is 8.85 Å². The number of nitrogens with two attached hydrogens (primary N) is 2. The standard InChI is InChI=1S/C8H22N2O2Si.CH6N2OSi/c1-6-8(10-7(2)9)13(5,11-3)12-4;2-1(4)3-5/h7-8,10H,6,9H2,1-5H3;5H3,(H3,2,3,4). The molecule has 0 radical (unpaired) electrons. The second-order valence-corrected chi connectivity index (χ2v) is 8.00. The summed E-state index contributed by atoms with van der Waals surface area (Å²) in [5.41, 5.74) is 10.5. The first-order valence-electron chi connectivity index (χ1n) is 5.86. The van der Waals surface area contributed by atoms with Gasteiger partial charge in [0.15, 0.2) is 0 Å². The molecule has 0 aromatic rings. The summed E-state index contributed by atoms with van der Waals surface area (Å²) >= 11 is 0. The minimum Gasteiger partial charge on any atom is -0.397 e. The lowest BCUT2D eigenvalue weighted by atomic mass is 10.4. The topological polar surface area (TPSA) is 112 Å². The summed E-state index contributed by atoms with van der Waals surface area (Å²) in [6.07, 6.45) is 0.938. The average molecular weight is 297 g/mol. The van der Waals surface area contributed by atoms with E-state index in [4.69, 9.17) is 14.6 Å². The van der Waals surface area contributed by atoms with E-state index in [0.29, 0.717) is 10.4 Å². The van der Waals surface area contributed by atoms with Crippen LogP contribution in [0, 0.1) is 0 Å². The Morgan fingerprint density at radius 2 is 1.83 bits per heavy atom. The van der Waals surface area contributed by atoms with Gasteiger partial charge in [0.25, 0.3) is 0 Å². The fourth-order valence-electron chi connectivity index (χ4n) is 1.33. The molecule has 0 saturated carbocycles. The zero-order valence-electron chi connectivity index (χ0n) is 12.2. The van der Waals surface area contributed by atoms with Gasteiger partial charge in [0, 0.05) is 14.2 Å². The predicted molar refractivity (Wildman–Crippen MR) is 79.2 cm³/mol. The van der Waals surface area contributed by atoms with Crippen LogP contribution in [0.15, 0.2) is 0 Å². The maximum Gasteiger partial charge on any atom is 0.351 e. The molecule has 0 heterocycles. The Morgan fingerprint density at radius 1 is 1.44 bits per heavy atom. The van der Waals surface area contributed by atoms with Crippen LogP contribution in [0.25, 0.3) is 0 Å². The van der Waals surface area contributed by atoms with Crippen LogP contribution < -0.4 is 21.8 Å². The van der Waals surface area contributed by atoms with Crippen LogP contribution in [0.4, 0.5) is 4.79 Å². The Bertz CT molecular complexity index is 228. The Morgan fingerprint density at radius 3 is 2.00 bits per heavy atom. The number of hydrogen-bond donors (Lipinski definition) is 4. The van der Waals surface area contributed by atoms with Crippen LogP contribution >= 0.6 is 0 Å². The van der Waals surface area contributed by atoms with Crippen molar-refractivity contribution in [3.63, 3.8) is 0 Å². The summed E-state index contributed by atoms with van der Waals surface area (Å²) in [5, 5.41) is 3.26. The molecule has 0 aromatic heterocycles. The normalized spacial score (nSPS) is 14.3. The van der Waals surface area contributed by atoms with Crippen molar-refractivity contribution in [3.05, 3.63) is 0 Å². The number of amides is 2. The van der Waals surface area contributed by atoms with E-state index in [9.17, 15) is 4.79 Å². The third-order valence-electron chi connectivity index (χ3n) is 2.56. The van der Waals surface area contributed by atoms with E-state index in [0.717, 1.165) is 6.42 Å². The van der Waals surface area contributed by atoms with Gasteiger partial charge in [-0.15, -0.1) is 0 Å².